The third-order valence-electron chi connectivity index (χ3n) is 3.96. The smallest absolute Gasteiger partial charge is 0.231 e. The molecule has 24 heavy (non-hydrogen) atoms. The molecule has 6 heteroatoms. The van der Waals surface area contributed by atoms with E-state index in [0.717, 1.165) is 22.8 Å². The highest BCUT2D eigenvalue weighted by molar-refractivity contribution is 6.30. The molecule has 1 amide bonds. The zero-order valence-electron chi connectivity index (χ0n) is 13.1. The molecular weight excluding hydrogens is 347 g/mol. The van der Waals surface area contributed by atoms with E-state index >= 15 is 0 Å². The minimum atomic E-state index is -0.318. The van der Waals surface area contributed by atoms with Gasteiger partial charge in [0.25, 0.3) is 0 Å². The minimum absolute atomic E-state index is 0. The highest BCUT2D eigenvalue weighted by Gasteiger charge is 2.37. The second kappa shape index (κ2) is 8.38. The van der Waals surface area contributed by atoms with Crippen molar-refractivity contribution in [2.75, 3.05) is 6.54 Å². The van der Waals surface area contributed by atoms with Crippen LogP contribution in [0.2, 0.25) is 5.02 Å². The van der Waals surface area contributed by atoms with Crippen LogP contribution in [0.4, 0.5) is 0 Å². The number of hydrogen-bond donors (Lipinski definition) is 2. The van der Waals surface area contributed by atoms with Crippen LogP contribution in [-0.4, -0.2) is 18.5 Å². The number of ether oxygens (including phenoxy) is 1. The Labute approximate surface area is 152 Å². The zero-order valence-corrected chi connectivity index (χ0v) is 14.6. The van der Waals surface area contributed by atoms with Crippen molar-refractivity contribution in [1.29, 1.82) is 0 Å². The van der Waals surface area contributed by atoms with Gasteiger partial charge in [-0.05, 0) is 41.8 Å². The molecule has 1 aliphatic rings. The van der Waals surface area contributed by atoms with Gasteiger partial charge in [0.2, 0.25) is 5.91 Å². The van der Waals surface area contributed by atoms with Crippen molar-refractivity contribution in [3.05, 3.63) is 64.7 Å². The molecule has 0 aliphatic heterocycles. The Hall–Kier alpha value is -1.75. The summed E-state index contributed by atoms with van der Waals surface area (Å²) in [5.41, 5.74) is 7.47. The topological polar surface area (TPSA) is 64.4 Å². The predicted molar refractivity (Wildman–Crippen MR) is 97.8 cm³/mol. The molecule has 0 radical (unpaired) electrons. The molecule has 0 unspecified atom stereocenters. The van der Waals surface area contributed by atoms with Gasteiger partial charge in [0.1, 0.15) is 12.4 Å². The quantitative estimate of drug-likeness (QED) is 0.790. The van der Waals surface area contributed by atoms with Crippen molar-refractivity contribution in [2.24, 2.45) is 5.73 Å². The largest absolute Gasteiger partial charge is 0.489 e. The van der Waals surface area contributed by atoms with E-state index in [0.29, 0.717) is 18.6 Å². The number of amides is 1. The van der Waals surface area contributed by atoms with Gasteiger partial charge >= 0.3 is 0 Å². The van der Waals surface area contributed by atoms with Crippen LogP contribution in [0.15, 0.2) is 48.5 Å². The van der Waals surface area contributed by atoms with E-state index in [1.54, 1.807) is 0 Å². The van der Waals surface area contributed by atoms with Gasteiger partial charge in [0.05, 0.1) is 6.54 Å². The van der Waals surface area contributed by atoms with Crippen LogP contribution >= 0.6 is 24.0 Å². The van der Waals surface area contributed by atoms with E-state index < -0.39 is 0 Å². The highest BCUT2D eigenvalue weighted by atomic mass is 35.5. The van der Waals surface area contributed by atoms with Gasteiger partial charge in [0.15, 0.2) is 0 Å². The third kappa shape index (κ3) is 5.13. The maximum atomic E-state index is 10.8. The van der Waals surface area contributed by atoms with E-state index in [4.69, 9.17) is 22.1 Å². The molecule has 0 bridgehead atoms. The molecule has 1 fully saturated rings. The van der Waals surface area contributed by atoms with Crippen LogP contribution in [0.25, 0.3) is 0 Å². The summed E-state index contributed by atoms with van der Waals surface area (Å²) >= 11 is 5.86. The maximum absolute atomic E-state index is 10.8. The number of carbonyl (C=O) groups is 1. The van der Waals surface area contributed by atoms with Gasteiger partial charge in [-0.2, -0.15) is 0 Å². The number of halogens is 2. The summed E-state index contributed by atoms with van der Waals surface area (Å²) in [5.74, 6) is 0.979. The lowest BCUT2D eigenvalue weighted by molar-refractivity contribution is -0.117. The molecule has 2 atom stereocenters. The second-order valence-corrected chi connectivity index (χ2v) is 6.22. The summed E-state index contributed by atoms with van der Waals surface area (Å²) in [6.45, 7) is 0.756. The first-order chi connectivity index (χ1) is 11.1. The summed E-state index contributed by atoms with van der Waals surface area (Å²) in [6, 6.07) is 16.1. The molecule has 0 spiro atoms. The molecular formula is C18H20Cl2N2O2. The van der Waals surface area contributed by atoms with Crippen molar-refractivity contribution in [3.8, 4) is 5.75 Å². The maximum Gasteiger partial charge on any atom is 0.231 e. The van der Waals surface area contributed by atoms with Crippen LogP contribution in [0.1, 0.15) is 23.5 Å². The van der Waals surface area contributed by atoms with E-state index in [1.165, 1.54) is 5.56 Å². The van der Waals surface area contributed by atoms with Gasteiger partial charge in [0, 0.05) is 17.0 Å². The van der Waals surface area contributed by atoms with Crippen LogP contribution in [-0.2, 0) is 11.4 Å². The Balaban J connectivity index is 0.00000208. The average Bonchev–Trinajstić information content (AvgIpc) is 3.33. The minimum Gasteiger partial charge on any atom is -0.489 e. The molecule has 0 saturated heterocycles. The lowest BCUT2D eigenvalue weighted by Gasteiger charge is -2.08. The number of benzene rings is 2. The van der Waals surface area contributed by atoms with Gasteiger partial charge in [-0.15, -0.1) is 12.4 Å². The lowest BCUT2D eigenvalue weighted by Crippen LogP contribution is -2.30. The number of carbonyl (C=O) groups excluding carboxylic acids is 1. The monoisotopic (exact) mass is 366 g/mol. The van der Waals surface area contributed by atoms with E-state index in [9.17, 15) is 4.79 Å². The van der Waals surface area contributed by atoms with Crippen molar-refractivity contribution in [2.45, 2.75) is 25.0 Å². The fourth-order valence-corrected chi connectivity index (χ4v) is 2.71. The second-order valence-electron chi connectivity index (χ2n) is 5.78. The van der Waals surface area contributed by atoms with Gasteiger partial charge in [-0.1, -0.05) is 35.9 Å². The summed E-state index contributed by atoms with van der Waals surface area (Å²) in [6.07, 6.45) is 1.04. The van der Waals surface area contributed by atoms with Crippen molar-refractivity contribution in [3.63, 3.8) is 0 Å². The summed E-state index contributed by atoms with van der Waals surface area (Å²) in [4.78, 5) is 10.8. The van der Waals surface area contributed by atoms with Crippen LogP contribution in [0.5, 0.6) is 5.75 Å². The van der Waals surface area contributed by atoms with E-state index in [-0.39, 0.29) is 24.9 Å². The third-order valence-corrected chi connectivity index (χ3v) is 4.21. The highest BCUT2D eigenvalue weighted by Crippen LogP contribution is 2.41. The molecule has 0 aromatic heterocycles. The van der Waals surface area contributed by atoms with Gasteiger partial charge in [-0.25, -0.2) is 0 Å². The predicted octanol–water partition coefficient (Wildman–Crippen LogP) is 3.27. The number of hydrogen-bond acceptors (Lipinski definition) is 3. The Morgan fingerprint density at radius 1 is 1.17 bits per heavy atom. The number of nitrogens with two attached hydrogens (primary N) is 1. The molecule has 3 rings (SSSR count). The first kappa shape index (κ1) is 18.6. The molecule has 0 heterocycles. The molecule has 128 valence electrons. The molecule has 2 aromatic rings. The van der Waals surface area contributed by atoms with Gasteiger partial charge < -0.3 is 15.8 Å². The first-order valence-corrected chi connectivity index (χ1v) is 7.98. The van der Waals surface area contributed by atoms with Crippen molar-refractivity contribution in [1.82, 2.24) is 5.32 Å². The summed E-state index contributed by atoms with van der Waals surface area (Å²) in [7, 11) is 0. The van der Waals surface area contributed by atoms with Crippen molar-refractivity contribution >= 4 is 29.9 Å². The number of primary amides is 1. The summed E-state index contributed by atoms with van der Waals surface area (Å²) < 4.78 is 5.77. The normalized spacial score (nSPS) is 18.5. The lowest BCUT2D eigenvalue weighted by atomic mass is 10.1. The Morgan fingerprint density at radius 3 is 2.46 bits per heavy atom. The molecule has 1 saturated carbocycles. The molecule has 2 aromatic carbocycles. The zero-order chi connectivity index (χ0) is 16.2. The van der Waals surface area contributed by atoms with E-state index in [1.807, 2.05) is 36.4 Å². The number of nitrogens with one attached hydrogen (secondary N) is 1. The Bertz CT molecular complexity index is 674. The molecule has 1 aliphatic carbocycles. The SMILES string of the molecule is Cl.NC(=O)CN[C@@H]1C[C@H]1c1ccc(OCc2ccc(Cl)cc2)cc1. The Kier molecular flexibility index (Phi) is 6.49. The summed E-state index contributed by atoms with van der Waals surface area (Å²) in [5, 5.41) is 3.88. The van der Waals surface area contributed by atoms with Crippen LogP contribution in [0, 0.1) is 0 Å². The van der Waals surface area contributed by atoms with E-state index in [2.05, 4.69) is 17.4 Å². The standard InChI is InChI=1S/C18H19ClN2O2.ClH/c19-14-5-1-12(2-6-14)11-23-15-7-3-13(4-8-15)16-9-17(16)21-10-18(20)22;/h1-8,16-17,21H,9-11H2,(H2,20,22);1H/t16-,17+;/m0./s1. The number of rotatable bonds is 7. The average molecular weight is 367 g/mol. The Morgan fingerprint density at radius 2 is 1.83 bits per heavy atom. The van der Waals surface area contributed by atoms with Crippen LogP contribution < -0.4 is 15.8 Å². The van der Waals surface area contributed by atoms with Crippen molar-refractivity contribution < 1.29 is 9.53 Å². The first-order valence-electron chi connectivity index (χ1n) is 7.61. The van der Waals surface area contributed by atoms with Gasteiger partial charge in [-0.3, -0.25) is 4.79 Å². The molecule has 3 N–H and O–H groups in total. The fraction of sp³-hybridized carbons (Fsp3) is 0.278. The van der Waals surface area contributed by atoms with Crippen LogP contribution in [0.3, 0.4) is 0 Å². The molecule has 4 nitrogen and oxygen atoms in total. The fourth-order valence-electron chi connectivity index (χ4n) is 2.58.